The number of methoxy groups -OCH3 is 2. The summed E-state index contributed by atoms with van der Waals surface area (Å²) in [5.41, 5.74) is 1.65. The van der Waals surface area contributed by atoms with Gasteiger partial charge in [-0.1, -0.05) is 23.7 Å². The lowest BCUT2D eigenvalue weighted by atomic mass is 10.2. The van der Waals surface area contributed by atoms with Gasteiger partial charge in [0.05, 0.1) is 20.8 Å². The lowest BCUT2D eigenvalue weighted by Gasteiger charge is -2.36. The van der Waals surface area contributed by atoms with Crippen LogP contribution in [0.25, 0.3) is 11.2 Å². The summed E-state index contributed by atoms with van der Waals surface area (Å²) in [7, 11) is 6.31. The average molecular weight is 584 g/mol. The van der Waals surface area contributed by atoms with Gasteiger partial charge in [-0.05, 0) is 29.9 Å². The molecule has 0 atom stereocenters. The zero-order chi connectivity index (χ0) is 28.6. The summed E-state index contributed by atoms with van der Waals surface area (Å²) < 4.78 is 15.1. The molecule has 4 aromatic rings. The number of thiocarbonyl (C=S) groups is 1. The van der Waals surface area contributed by atoms with Gasteiger partial charge in [-0.15, -0.1) is 0 Å². The van der Waals surface area contributed by atoms with Crippen molar-refractivity contribution in [1.82, 2.24) is 23.6 Å². The number of fused-ring (bicyclic) bond motifs is 1. The number of benzene rings is 2. The van der Waals surface area contributed by atoms with Gasteiger partial charge >= 0.3 is 5.69 Å². The SMILES string of the molecule is COc1cc(NC(=S)N2CCN(c3nc4c(c(=O)n(C)c(=O)n4C)n3Cc3ccc(Cl)cc3)CC2)cc(OC)c1. The highest BCUT2D eigenvalue weighted by atomic mass is 35.5. The summed E-state index contributed by atoms with van der Waals surface area (Å²) >= 11 is 11.8. The van der Waals surface area contributed by atoms with Crippen LogP contribution in [0.4, 0.5) is 11.6 Å². The van der Waals surface area contributed by atoms with E-state index in [1.54, 1.807) is 27.3 Å². The van der Waals surface area contributed by atoms with Gasteiger partial charge in [0.2, 0.25) is 5.95 Å². The summed E-state index contributed by atoms with van der Waals surface area (Å²) in [6.45, 7) is 2.89. The predicted octanol–water partition coefficient (Wildman–Crippen LogP) is 2.67. The van der Waals surface area contributed by atoms with Crippen LogP contribution in [0.2, 0.25) is 5.02 Å². The number of ether oxygens (including phenoxy) is 2. The molecule has 0 bridgehead atoms. The van der Waals surface area contributed by atoms with Crippen molar-refractivity contribution in [3.05, 3.63) is 73.9 Å². The molecule has 11 nitrogen and oxygen atoms in total. The van der Waals surface area contributed by atoms with E-state index in [1.807, 2.05) is 41.0 Å². The first-order chi connectivity index (χ1) is 19.2. The third-order valence-corrected chi connectivity index (χ3v) is 7.65. The van der Waals surface area contributed by atoms with Gasteiger partial charge in [0.25, 0.3) is 5.56 Å². The van der Waals surface area contributed by atoms with Crippen LogP contribution in [0.3, 0.4) is 0 Å². The molecule has 2 aromatic heterocycles. The molecule has 40 heavy (non-hydrogen) atoms. The molecule has 1 aliphatic heterocycles. The predicted molar refractivity (Wildman–Crippen MR) is 160 cm³/mol. The van der Waals surface area contributed by atoms with Gasteiger partial charge < -0.3 is 24.6 Å². The Morgan fingerprint density at radius 2 is 1.60 bits per heavy atom. The van der Waals surface area contributed by atoms with E-state index in [4.69, 9.17) is 38.3 Å². The van der Waals surface area contributed by atoms with Gasteiger partial charge in [0, 0.05) is 69.2 Å². The fourth-order valence-electron chi connectivity index (χ4n) is 4.79. The van der Waals surface area contributed by atoms with Crippen LogP contribution in [0.5, 0.6) is 11.5 Å². The Hall–Kier alpha value is -4.03. The van der Waals surface area contributed by atoms with Crippen molar-refractivity contribution in [1.29, 1.82) is 0 Å². The Labute approximate surface area is 241 Å². The molecular formula is C27H30ClN7O4S. The van der Waals surface area contributed by atoms with Gasteiger partial charge in [0.15, 0.2) is 16.3 Å². The number of hydrogen-bond acceptors (Lipinski definition) is 7. The molecule has 1 fully saturated rings. The topological polar surface area (TPSA) is 98.8 Å². The van der Waals surface area contributed by atoms with Crippen molar-refractivity contribution in [3.63, 3.8) is 0 Å². The van der Waals surface area contributed by atoms with Crippen LogP contribution in [0, 0.1) is 0 Å². The van der Waals surface area contributed by atoms with Crippen molar-refractivity contribution < 1.29 is 9.47 Å². The summed E-state index contributed by atoms with van der Waals surface area (Å²) in [5, 5.41) is 4.49. The van der Waals surface area contributed by atoms with E-state index in [0.717, 1.165) is 15.8 Å². The molecule has 0 amide bonds. The average Bonchev–Trinajstić information content (AvgIpc) is 3.35. The smallest absolute Gasteiger partial charge is 0.332 e. The third-order valence-electron chi connectivity index (χ3n) is 7.03. The number of imidazole rings is 1. The number of hydrogen-bond donors (Lipinski definition) is 1. The van der Waals surface area contributed by atoms with E-state index in [-0.39, 0.29) is 5.56 Å². The molecule has 13 heteroatoms. The number of halogens is 1. The molecule has 1 N–H and O–H groups in total. The molecule has 0 spiro atoms. The van der Waals surface area contributed by atoms with Crippen molar-refractivity contribution in [3.8, 4) is 11.5 Å². The number of piperazine rings is 1. The fraction of sp³-hybridized carbons (Fsp3) is 0.333. The minimum Gasteiger partial charge on any atom is -0.497 e. The van der Waals surface area contributed by atoms with Crippen LogP contribution < -0.4 is 30.9 Å². The highest BCUT2D eigenvalue weighted by Gasteiger charge is 2.26. The Bertz CT molecular complexity index is 1670. The normalized spacial score (nSPS) is 13.5. The quantitative estimate of drug-likeness (QED) is 0.344. The van der Waals surface area contributed by atoms with E-state index < -0.39 is 5.69 Å². The second-order valence-electron chi connectivity index (χ2n) is 9.51. The number of rotatable bonds is 6. The highest BCUT2D eigenvalue weighted by Crippen LogP contribution is 2.27. The lowest BCUT2D eigenvalue weighted by Crippen LogP contribution is -2.50. The molecule has 5 rings (SSSR count). The van der Waals surface area contributed by atoms with E-state index in [9.17, 15) is 9.59 Å². The Balaban J connectivity index is 1.41. The van der Waals surface area contributed by atoms with E-state index in [2.05, 4.69) is 15.1 Å². The minimum atomic E-state index is -0.421. The van der Waals surface area contributed by atoms with E-state index >= 15 is 0 Å². The van der Waals surface area contributed by atoms with Crippen LogP contribution >= 0.6 is 23.8 Å². The number of nitrogens with one attached hydrogen (secondary N) is 1. The first-order valence-electron chi connectivity index (χ1n) is 12.6. The maximum absolute atomic E-state index is 13.3. The second kappa shape index (κ2) is 11.2. The zero-order valence-corrected chi connectivity index (χ0v) is 24.3. The monoisotopic (exact) mass is 583 g/mol. The Morgan fingerprint density at radius 3 is 2.20 bits per heavy atom. The van der Waals surface area contributed by atoms with Crippen molar-refractivity contribution in [2.75, 3.05) is 50.6 Å². The van der Waals surface area contributed by atoms with Crippen molar-refractivity contribution >= 4 is 51.7 Å². The summed E-state index contributed by atoms with van der Waals surface area (Å²) in [4.78, 5) is 34.9. The van der Waals surface area contributed by atoms with Gasteiger partial charge in [-0.25, -0.2) is 4.79 Å². The molecule has 0 radical (unpaired) electrons. The minimum absolute atomic E-state index is 0.351. The molecule has 1 saturated heterocycles. The van der Waals surface area contributed by atoms with Crippen LogP contribution in [0.15, 0.2) is 52.1 Å². The lowest BCUT2D eigenvalue weighted by molar-refractivity contribution is 0.386. The summed E-state index contributed by atoms with van der Waals surface area (Å²) in [6.07, 6.45) is 0. The molecule has 2 aromatic carbocycles. The fourth-order valence-corrected chi connectivity index (χ4v) is 5.22. The second-order valence-corrected chi connectivity index (χ2v) is 10.3. The van der Waals surface area contributed by atoms with Crippen LogP contribution in [0.1, 0.15) is 5.56 Å². The molecule has 3 heterocycles. The zero-order valence-electron chi connectivity index (χ0n) is 22.7. The van der Waals surface area contributed by atoms with E-state index in [0.29, 0.717) is 71.5 Å². The number of nitrogens with zero attached hydrogens (tertiary/aromatic N) is 6. The van der Waals surface area contributed by atoms with Crippen molar-refractivity contribution in [2.24, 2.45) is 14.1 Å². The van der Waals surface area contributed by atoms with Crippen LogP contribution in [-0.2, 0) is 20.6 Å². The molecule has 0 unspecified atom stereocenters. The van der Waals surface area contributed by atoms with Crippen LogP contribution in [-0.4, -0.2) is 69.1 Å². The summed E-state index contributed by atoms with van der Waals surface area (Å²) in [6, 6.07) is 13.0. The highest BCUT2D eigenvalue weighted by molar-refractivity contribution is 7.80. The number of aromatic nitrogens is 4. The maximum Gasteiger partial charge on any atom is 0.332 e. The summed E-state index contributed by atoms with van der Waals surface area (Å²) in [5.74, 6) is 1.95. The van der Waals surface area contributed by atoms with Crippen molar-refractivity contribution in [2.45, 2.75) is 6.54 Å². The first kappa shape index (κ1) is 27.5. The standard InChI is InChI=1S/C27H30ClN7O4S/c1-31-23-22(24(36)32(2)27(31)37)35(16-17-5-7-18(28)8-6-17)25(30-23)33-9-11-34(12-10-33)26(40)29-19-13-20(38-3)15-21(14-19)39-4/h5-8,13-15H,9-12,16H2,1-4H3,(H,29,40). The molecule has 1 aliphatic rings. The maximum atomic E-state index is 13.3. The Morgan fingerprint density at radius 1 is 0.975 bits per heavy atom. The molecule has 210 valence electrons. The Kier molecular flexibility index (Phi) is 7.72. The van der Waals surface area contributed by atoms with E-state index in [1.165, 1.54) is 11.6 Å². The van der Waals surface area contributed by atoms with Gasteiger partial charge in [0.1, 0.15) is 11.5 Å². The first-order valence-corrected chi connectivity index (χ1v) is 13.4. The molecule has 0 saturated carbocycles. The molecular weight excluding hydrogens is 554 g/mol. The largest absolute Gasteiger partial charge is 0.497 e. The number of aryl methyl sites for hydroxylation is 1. The number of anilines is 2. The molecule has 0 aliphatic carbocycles. The third kappa shape index (κ3) is 5.24. The van der Waals surface area contributed by atoms with Gasteiger partial charge in [-0.3, -0.25) is 18.5 Å². The van der Waals surface area contributed by atoms with Gasteiger partial charge in [-0.2, -0.15) is 4.98 Å².